The molecule has 0 aromatic carbocycles. The van der Waals surface area contributed by atoms with Gasteiger partial charge in [-0.2, -0.15) is 5.10 Å². The first-order chi connectivity index (χ1) is 21.4. The molecule has 11 nitrogen and oxygen atoms in total. The van der Waals surface area contributed by atoms with E-state index in [-0.39, 0.29) is 0 Å². The van der Waals surface area contributed by atoms with Gasteiger partial charge in [0, 0.05) is 53.7 Å². The number of H-pyrrole nitrogens is 3. The molecule has 3 N–H and O–H groups in total. The van der Waals surface area contributed by atoms with Crippen LogP contribution < -0.4 is 10.0 Å². The van der Waals surface area contributed by atoms with Crippen LogP contribution in [-0.2, 0) is 5.54 Å². The second-order valence-corrected chi connectivity index (χ2v) is 10.8. The molecule has 2 atom stereocenters. The summed E-state index contributed by atoms with van der Waals surface area (Å²) in [4.78, 5) is 27.6. The first kappa shape index (κ1) is 25.0. The molecule has 1 aliphatic rings. The van der Waals surface area contributed by atoms with Crippen LogP contribution in [0.2, 0.25) is 0 Å². The summed E-state index contributed by atoms with van der Waals surface area (Å²) in [5.74, 6) is 1.96. The van der Waals surface area contributed by atoms with Crippen LogP contribution in [0.25, 0.3) is 11.3 Å². The van der Waals surface area contributed by atoms with E-state index in [1.54, 1.807) is 48.6 Å². The quantitative estimate of drug-likeness (QED) is 0.213. The van der Waals surface area contributed by atoms with Gasteiger partial charge < -0.3 is 14.4 Å². The Kier molecular flexibility index (Phi) is 5.97. The molecule has 7 aromatic rings. The Hall–Kier alpha value is -5.75. The summed E-state index contributed by atoms with van der Waals surface area (Å²) < 4.78 is 6.20. The highest BCUT2D eigenvalue weighted by Gasteiger charge is 2.61. The topological polar surface area (TPSA) is 131 Å². The van der Waals surface area contributed by atoms with Crippen LogP contribution in [0.4, 0.5) is 11.8 Å². The van der Waals surface area contributed by atoms with E-state index in [1.165, 1.54) is 0 Å². The minimum absolute atomic E-state index is 0.474. The number of furan rings is 1. The van der Waals surface area contributed by atoms with Crippen LogP contribution in [0.1, 0.15) is 33.8 Å². The molecular weight excluding hydrogens is 560 g/mol. The predicted octanol–water partition coefficient (Wildman–Crippen LogP) is 5.84. The predicted molar refractivity (Wildman–Crippen MR) is 163 cm³/mol. The molecule has 210 valence electrons. The second-order valence-electron chi connectivity index (χ2n) is 9.81. The number of anilines is 2. The fourth-order valence-corrected chi connectivity index (χ4v) is 6.80. The maximum absolute atomic E-state index is 6.20. The molecule has 12 heteroatoms. The lowest BCUT2D eigenvalue weighted by atomic mass is 9.70. The Labute approximate surface area is 249 Å². The number of rotatable bonds is 7. The summed E-state index contributed by atoms with van der Waals surface area (Å²) in [7, 11) is 0. The SMILES string of the molecule is c1ccc(C2C(c3cccs3)=C(c3ccco3)N(c3ccn[nH]3)N(c3ncc[nH]3)C2(c2ncccn2)c2ccc[nH]2)nc1. The number of pyridine rings is 1. The Morgan fingerprint density at radius 2 is 1.72 bits per heavy atom. The zero-order valence-electron chi connectivity index (χ0n) is 22.6. The minimum Gasteiger partial charge on any atom is -0.463 e. The van der Waals surface area contributed by atoms with E-state index in [4.69, 9.17) is 24.4 Å². The minimum atomic E-state index is -1.16. The third kappa shape index (κ3) is 3.84. The number of aromatic amines is 3. The third-order valence-corrected chi connectivity index (χ3v) is 8.45. The number of imidazole rings is 1. The normalized spacial score (nSPS) is 18.8. The lowest BCUT2D eigenvalue weighted by molar-refractivity contribution is 0.382. The molecule has 0 bridgehead atoms. The summed E-state index contributed by atoms with van der Waals surface area (Å²) in [5, 5.41) is 13.8. The zero-order valence-corrected chi connectivity index (χ0v) is 23.4. The van der Waals surface area contributed by atoms with Gasteiger partial charge >= 0.3 is 0 Å². The molecule has 0 fully saturated rings. The van der Waals surface area contributed by atoms with Crippen LogP contribution in [-0.4, -0.2) is 40.1 Å². The third-order valence-electron chi connectivity index (χ3n) is 7.55. The molecule has 0 spiro atoms. The molecule has 1 aliphatic heterocycles. The van der Waals surface area contributed by atoms with Crippen molar-refractivity contribution in [1.82, 2.24) is 40.1 Å². The lowest BCUT2D eigenvalue weighted by Crippen LogP contribution is -2.63. The van der Waals surface area contributed by atoms with Crippen molar-refractivity contribution in [1.29, 1.82) is 0 Å². The number of hydrogen-bond donors (Lipinski definition) is 3. The fourth-order valence-electron chi connectivity index (χ4n) is 6.00. The molecule has 43 heavy (non-hydrogen) atoms. The molecular formula is C31H24N10OS. The van der Waals surface area contributed by atoms with Crippen molar-refractivity contribution in [2.75, 3.05) is 10.0 Å². The number of aromatic nitrogens is 8. The first-order valence-corrected chi connectivity index (χ1v) is 14.5. The van der Waals surface area contributed by atoms with Crippen molar-refractivity contribution in [3.8, 4) is 0 Å². The van der Waals surface area contributed by atoms with Gasteiger partial charge in [-0.1, -0.05) is 12.1 Å². The highest BCUT2D eigenvalue weighted by Crippen LogP contribution is 2.59. The number of hydrogen-bond acceptors (Lipinski definition) is 9. The molecule has 0 saturated carbocycles. The van der Waals surface area contributed by atoms with E-state index in [9.17, 15) is 0 Å². The Balaban J connectivity index is 1.63. The number of nitrogens with zero attached hydrogens (tertiary/aromatic N) is 7. The van der Waals surface area contributed by atoms with Crippen molar-refractivity contribution in [2.24, 2.45) is 0 Å². The van der Waals surface area contributed by atoms with Crippen LogP contribution in [0.5, 0.6) is 0 Å². The maximum atomic E-state index is 6.20. The van der Waals surface area contributed by atoms with Gasteiger partial charge in [-0.15, -0.1) is 11.3 Å². The van der Waals surface area contributed by atoms with Crippen molar-refractivity contribution >= 4 is 34.4 Å². The standard InChI is InChI=1S/C31H24N10OS/c1-2-12-32-21(7-1)27-26(23-9-5-20-43-23)28(22-8-4-19-42-22)40(25-11-16-38-39-25)41(30-36-17-18-37-30)31(27,24-10-3-13-33-24)29-34-14-6-15-35-29/h1-20,27,33H,(H,36,37)(H,38,39). The van der Waals surface area contributed by atoms with Gasteiger partial charge in [0.1, 0.15) is 11.5 Å². The average Bonchev–Trinajstić information content (AvgIpc) is 3.90. The van der Waals surface area contributed by atoms with E-state index < -0.39 is 11.5 Å². The van der Waals surface area contributed by atoms with Crippen LogP contribution in [0, 0.1) is 0 Å². The fraction of sp³-hybridized carbons (Fsp3) is 0.0645. The van der Waals surface area contributed by atoms with Gasteiger partial charge in [-0.3, -0.25) is 10.1 Å². The van der Waals surface area contributed by atoms with E-state index in [2.05, 4.69) is 53.8 Å². The van der Waals surface area contributed by atoms with Gasteiger partial charge in [0.15, 0.2) is 17.1 Å². The summed E-state index contributed by atoms with van der Waals surface area (Å²) in [5.41, 5.74) is 2.27. The Morgan fingerprint density at radius 1 is 0.791 bits per heavy atom. The van der Waals surface area contributed by atoms with E-state index >= 15 is 0 Å². The summed E-state index contributed by atoms with van der Waals surface area (Å²) >= 11 is 1.65. The molecule has 0 saturated heterocycles. The van der Waals surface area contributed by atoms with Crippen molar-refractivity contribution < 1.29 is 4.42 Å². The van der Waals surface area contributed by atoms with E-state index in [1.807, 2.05) is 60.9 Å². The van der Waals surface area contributed by atoms with E-state index in [0.29, 0.717) is 23.4 Å². The van der Waals surface area contributed by atoms with Crippen LogP contribution in [0.3, 0.4) is 0 Å². The van der Waals surface area contributed by atoms with Gasteiger partial charge in [0.05, 0.1) is 29.8 Å². The maximum Gasteiger partial charge on any atom is 0.223 e. The molecule has 2 unspecified atom stereocenters. The summed E-state index contributed by atoms with van der Waals surface area (Å²) in [6.45, 7) is 0. The summed E-state index contributed by atoms with van der Waals surface area (Å²) in [6, 6.07) is 21.8. The van der Waals surface area contributed by atoms with Gasteiger partial charge in [-0.25, -0.2) is 25.0 Å². The number of nitrogens with one attached hydrogen (secondary N) is 3. The van der Waals surface area contributed by atoms with E-state index in [0.717, 1.165) is 27.5 Å². The van der Waals surface area contributed by atoms with Gasteiger partial charge in [0.2, 0.25) is 5.95 Å². The molecule has 7 aromatic heterocycles. The Morgan fingerprint density at radius 3 is 2.40 bits per heavy atom. The van der Waals surface area contributed by atoms with Crippen molar-refractivity contribution in [3.63, 3.8) is 0 Å². The van der Waals surface area contributed by atoms with Gasteiger partial charge in [-0.05, 0) is 53.9 Å². The average molecular weight is 585 g/mol. The van der Waals surface area contributed by atoms with Crippen molar-refractivity contribution in [3.05, 3.63) is 150 Å². The first-order valence-electron chi connectivity index (χ1n) is 13.6. The highest BCUT2D eigenvalue weighted by molar-refractivity contribution is 7.11. The number of thiophene rings is 1. The largest absolute Gasteiger partial charge is 0.463 e. The van der Waals surface area contributed by atoms with Crippen LogP contribution in [0.15, 0.2) is 126 Å². The molecule has 0 aliphatic carbocycles. The number of hydrazine groups is 1. The second kappa shape index (κ2) is 10.3. The zero-order chi connectivity index (χ0) is 28.6. The summed E-state index contributed by atoms with van der Waals surface area (Å²) in [6.07, 6.45) is 14.2. The highest BCUT2D eigenvalue weighted by atomic mass is 32.1. The van der Waals surface area contributed by atoms with Crippen LogP contribution >= 0.6 is 11.3 Å². The van der Waals surface area contributed by atoms with Gasteiger partial charge in [0.25, 0.3) is 0 Å². The molecule has 8 heterocycles. The molecule has 0 radical (unpaired) electrons. The monoisotopic (exact) mass is 584 g/mol. The lowest BCUT2D eigenvalue weighted by Gasteiger charge is -2.55. The van der Waals surface area contributed by atoms with Crippen molar-refractivity contribution in [2.45, 2.75) is 11.5 Å². The smallest absolute Gasteiger partial charge is 0.223 e. The molecule has 0 amide bonds. The Bertz CT molecular complexity index is 1920. The molecule has 8 rings (SSSR count).